The van der Waals surface area contributed by atoms with E-state index in [0.29, 0.717) is 17.4 Å². The number of nitrogens with zero attached hydrogens (tertiary/aromatic N) is 1. The summed E-state index contributed by atoms with van der Waals surface area (Å²) < 4.78 is 0. The van der Waals surface area contributed by atoms with E-state index in [1.807, 2.05) is 20.8 Å². The molecule has 0 spiro atoms. The lowest BCUT2D eigenvalue weighted by Gasteiger charge is -2.15. The zero-order valence-corrected chi connectivity index (χ0v) is 9.86. The van der Waals surface area contributed by atoms with Gasteiger partial charge in [0, 0.05) is 0 Å². The molecule has 0 fully saturated rings. The minimum absolute atomic E-state index is 0.254. The van der Waals surface area contributed by atoms with Crippen molar-refractivity contribution in [2.75, 3.05) is 0 Å². The Kier molecular flexibility index (Phi) is 4.11. The summed E-state index contributed by atoms with van der Waals surface area (Å²) in [6.07, 6.45) is 0.621. The molecule has 0 radical (unpaired) electrons. The van der Waals surface area contributed by atoms with Crippen LogP contribution in [0, 0.1) is 11.3 Å². The second-order valence-corrected chi connectivity index (χ2v) is 4.09. The Morgan fingerprint density at radius 3 is 2.38 bits per heavy atom. The van der Waals surface area contributed by atoms with Crippen LogP contribution in [0.3, 0.4) is 0 Å². The van der Waals surface area contributed by atoms with Gasteiger partial charge in [-0.05, 0) is 28.9 Å². The molecule has 0 saturated carbocycles. The largest absolute Gasteiger partial charge is 0.488 e. The van der Waals surface area contributed by atoms with Gasteiger partial charge in [0.2, 0.25) is 0 Å². The molecular weight excluding hydrogens is 201 g/mol. The lowest BCUT2D eigenvalue weighted by molar-refractivity contribution is 0.425. The van der Waals surface area contributed by atoms with Crippen molar-refractivity contribution in [1.29, 1.82) is 5.26 Å². The molecule has 0 aliphatic carbocycles. The second-order valence-electron chi connectivity index (χ2n) is 4.09. The second kappa shape index (κ2) is 5.15. The normalized spacial score (nSPS) is 10.3. The molecule has 0 bridgehead atoms. The Hall–Kier alpha value is -1.31. The van der Waals surface area contributed by atoms with E-state index in [1.165, 1.54) is 0 Å². The molecule has 1 aromatic rings. The molecule has 16 heavy (non-hydrogen) atoms. The van der Waals surface area contributed by atoms with Crippen molar-refractivity contribution in [2.45, 2.75) is 33.1 Å². The molecule has 3 nitrogen and oxygen atoms in total. The average Bonchev–Trinajstić information content (AvgIpc) is 2.26. The summed E-state index contributed by atoms with van der Waals surface area (Å²) in [7, 11) is -1.51. The lowest BCUT2D eigenvalue weighted by atomic mass is 9.73. The highest BCUT2D eigenvalue weighted by atomic mass is 16.4. The van der Waals surface area contributed by atoms with E-state index in [1.54, 1.807) is 12.1 Å². The zero-order valence-electron chi connectivity index (χ0n) is 9.86. The highest BCUT2D eigenvalue weighted by Crippen LogP contribution is 2.21. The van der Waals surface area contributed by atoms with Crippen molar-refractivity contribution in [1.82, 2.24) is 0 Å². The molecule has 0 saturated heterocycles. The topological polar surface area (TPSA) is 64.2 Å². The van der Waals surface area contributed by atoms with Gasteiger partial charge >= 0.3 is 7.12 Å². The van der Waals surface area contributed by atoms with Gasteiger partial charge in [0.05, 0.1) is 11.6 Å². The van der Waals surface area contributed by atoms with Crippen molar-refractivity contribution in [3.8, 4) is 6.07 Å². The Morgan fingerprint density at radius 1 is 1.38 bits per heavy atom. The fourth-order valence-electron chi connectivity index (χ4n) is 1.92. The molecule has 0 atom stereocenters. The summed E-state index contributed by atoms with van der Waals surface area (Å²) in [6, 6.07) is 5.67. The fraction of sp³-hybridized carbons (Fsp3) is 0.417. The van der Waals surface area contributed by atoms with Gasteiger partial charge in [-0.15, -0.1) is 0 Å². The third-order valence-electron chi connectivity index (χ3n) is 2.75. The predicted octanol–water partition coefficient (Wildman–Crippen LogP) is 0.924. The molecule has 0 unspecified atom stereocenters. The summed E-state index contributed by atoms with van der Waals surface area (Å²) in [6.45, 7) is 5.95. The lowest BCUT2D eigenvalue weighted by Crippen LogP contribution is -2.34. The monoisotopic (exact) mass is 217 g/mol. The molecular formula is C12H16BNO2. The van der Waals surface area contributed by atoms with Crippen LogP contribution in [0.5, 0.6) is 0 Å². The minimum Gasteiger partial charge on any atom is -0.423 e. The first-order chi connectivity index (χ1) is 7.52. The first-order valence-corrected chi connectivity index (χ1v) is 5.44. The number of nitriles is 1. The molecule has 1 aromatic carbocycles. The summed E-state index contributed by atoms with van der Waals surface area (Å²) in [5, 5.41) is 27.6. The molecule has 4 heteroatoms. The highest BCUT2D eigenvalue weighted by molar-refractivity contribution is 6.59. The van der Waals surface area contributed by atoms with Gasteiger partial charge in [-0.2, -0.15) is 5.26 Å². The Bertz CT molecular complexity index is 422. The van der Waals surface area contributed by atoms with Gasteiger partial charge in [-0.1, -0.05) is 32.9 Å². The van der Waals surface area contributed by atoms with Crippen LogP contribution in [-0.2, 0) is 6.42 Å². The average molecular weight is 217 g/mol. The van der Waals surface area contributed by atoms with Crippen LogP contribution in [0.4, 0.5) is 0 Å². The van der Waals surface area contributed by atoms with Crippen molar-refractivity contribution >= 4 is 12.6 Å². The third-order valence-corrected chi connectivity index (χ3v) is 2.75. The van der Waals surface area contributed by atoms with E-state index in [9.17, 15) is 15.3 Å². The molecule has 2 N–H and O–H groups in total. The van der Waals surface area contributed by atoms with Crippen molar-refractivity contribution in [3.05, 3.63) is 28.8 Å². The van der Waals surface area contributed by atoms with Crippen LogP contribution < -0.4 is 5.46 Å². The van der Waals surface area contributed by atoms with Gasteiger partial charge in [-0.3, -0.25) is 0 Å². The maximum Gasteiger partial charge on any atom is 0.488 e. The maximum atomic E-state index is 9.23. The maximum absolute atomic E-state index is 9.23. The van der Waals surface area contributed by atoms with Crippen LogP contribution in [0.2, 0.25) is 0 Å². The summed E-state index contributed by atoms with van der Waals surface area (Å²) in [5.74, 6) is 0.254. The van der Waals surface area contributed by atoms with Gasteiger partial charge in [-0.25, -0.2) is 0 Å². The summed E-state index contributed by atoms with van der Waals surface area (Å²) in [5.41, 5.74) is 2.72. The minimum atomic E-state index is -1.51. The summed E-state index contributed by atoms with van der Waals surface area (Å²) >= 11 is 0. The third kappa shape index (κ3) is 2.26. The van der Waals surface area contributed by atoms with E-state index in [0.717, 1.165) is 11.1 Å². The Balaban J connectivity index is 3.48. The van der Waals surface area contributed by atoms with Crippen molar-refractivity contribution in [2.24, 2.45) is 0 Å². The fourth-order valence-corrected chi connectivity index (χ4v) is 1.92. The molecule has 0 amide bonds. The van der Waals surface area contributed by atoms with Crippen LogP contribution in [0.25, 0.3) is 0 Å². The molecule has 0 aliphatic heterocycles. The zero-order chi connectivity index (χ0) is 12.3. The van der Waals surface area contributed by atoms with E-state index in [-0.39, 0.29) is 5.92 Å². The molecule has 1 rings (SSSR count). The molecule has 84 valence electrons. The number of hydrogen-bond donors (Lipinski definition) is 2. The quantitative estimate of drug-likeness (QED) is 0.740. The van der Waals surface area contributed by atoms with Crippen LogP contribution in [-0.4, -0.2) is 17.2 Å². The van der Waals surface area contributed by atoms with Gasteiger partial charge < -0.3 is 10.0 Å². The first kappa shape index (κ1) is 12.8. The van der Waals surface area contributed by atoms with Gasteiger partial charge in [0.15, 0.2) is 0 Å². The Morgan fingerprint density at radius 2 is 2.00 bits per heavy atom. The van der Waals surface area contributed by atoms with Crippen molar-refractivity contribution in [3.63, 3.8) is 0 Å². The standard InChI is InChI=1S/C12H16BNO2/c1-4-9-11(7-14)10(8(2)3)5-6-12(9)13(15)16/h5-6,8,15-16H,4H2,1-3H3. The van der Waals surface area contributed by atoms with Gasteiger partial charge in [0.25, 0.3) is 0 Å². The number of rotatable bonds is 3. The molecule has 0 heterocycles. The smallest absolute Gasteiger partial charge is 0.423 e. The van der Waals surface area contributed by atoms with Gasteiger partial charge in [0.1, 0.15) is 0 Å². The molecule has 0 aliphatic rings. The SMILES string of the molecule is CCc1c(B(O)O)ccc(C(C)C)c1C#N. The highest BCUT2D eigenvalue weighted by Gasteiger charge is 2.20. The first-order valence-electron chi connectivity index (χ1n) is 5.44. The van der Waals surface area contributed by atoms with Crippen LogP contribution in [0.1, 0.15) is 43.4 Å². The Labute approximate surface area is 96.5 Å². The number of hydrogen-bond acceptors (Lipinski definition) is 3. The van der Waals surface area contributed by atoms with E-state index >= 15 is 0 Å². The number of benzene rings is 1. The van der Waals surface area contributed by atoms with E-state index in [2.05, 4.69) is 6.07 Å². The van der Waals surface area contributed by atoms with E-state index < -0.39 is 7.12 Å². The van der Waals surface area contributed by atoms with E-state index in [4.69, 9.17) is 0 Å². The molecule has 0 aromatic heterocycles. The summed E-state index contributed by atoms with van der Waals surface area (Å²) in [4.78, 5) is 0. The predicted molar refractivity (Wildman–Crippen MR) is 64.4 cm³/mol. The van der Waals surface area contributed by atoms with Crippen LogP contribution in [0.15, 0.2) is 12.1 Å². The van der Waals surface area contributed by atoms with Crippen molar-refractivity contribution < 1.29 is 10.0 Å². The van der Waals surface area contributed by atoms with Crippen LogP contribution >= 0.6 is 0 Å².